The number of rotatable bonds is 5. The van der Waals surface area contributed by atoms with E-state index < -0.39 is 5.97 Å². The normalized spacial score (nSPS) is 10.2. The Balaban J connectivity index is 2.10. The van der Waals surface area contributed by atoms with E-state index in [0.29, 0.717) is 6.54 Å². The fourth-order valence-electron chi connectivity index (χ4n) is 1.93. The van der Waals surface area contributed by atoms with Crippen molar-refractivity contribution >= 4 is 11.7 Å². The highest BCUT2D eigenvalue weighted by atomic mass is 16.4. The molecular weight excluding hydrogens is 240 g/mol. The van der Waals surface area contributed by atoms with E-state index in [0.717, 1.165) is 12.1 Å². The van der Waals surface area contributed by atoms with Gasteiger partial charge in [-0.25, -0.2) is 9.78 Å². The van der Waals surface area contributed by atoms with Crippen LogP contribution in [-0.4, -0.2) is 16.1 Å². The summed E-state index contributed by atoms with van der Waals surface area (Å²) in [4.78, 5) is 14.6. The molecule has 2 N–H and O–H groups in total. The van der Waals surface area contributed by atoms with Gasteiger partial charge < -0.3 is 10.4 Å². The minimum atomic E-state index is -1.02. The van der Waals surface area contributed by atoms with Gasteiger partial charge in [0.25, 0.3) is 0 Å². The molecule has 0 aliphatic heterocycles. The molecule has 0 radical (unpaired) electrons. The molecule has 2 rings (SSSR count). The third-order valence-electron chi connectivity index (χ3n) is 2.96. The maximum absolute atomic E-state index is 10.8. The van der Waals surface area contributed by atoms with Crippen LogP contribution in [0.15, 0.2) is 42.6 Å². The Morgan fingerprint density at radius 3 is 2.68 bits per heavy atom. The Kier molecular flexibility index (Phi) is 4.13. The SMILES string of the molecule is CCc1ccccc1CNc1ccnc(C(=O)O)c1. The maximum Gasteiger partial charge on any atom is 0.354 e. The predicted molar refractivity (Wildman–Crippen MR) is 74.3 cm³/mol. The molecule has 2 aromatic rings. The van der Waals surface area contributed by atoms with Crippen molar-refractivity contribution in [2.75, 3.05) is 5.32 Å². The van der Waals surface area contributed by atoms with Gasteiger partial charge in [0, 0.05) is 18.4 Å². The van der Waals surface area contributed by atoms with E-state index in [1.54, 1.807) is 6.07 Å². The molecule has 0 aliphatic rings. The van der Waals surface area contributed by atoms with Gasteiger partial charge in [0.05, 0.1) is 0 Å². The van der Waals surface area contributed by atoms with Crippen LogP contribution < -0.4 is 5.32 Å². The topological polar surface area (TPSA) is 62.2 Å². The van der Waals surface area contributed by atoms with Crippen LogP contribution in [0, 0.1) is 0 Å². The first-order chi connectivity index (χ1) is 9.20. The van der Waals surface area contributed by atoms with Crippen molar-refractivity contribution in [1.29, 1.82) is 0 Å². The first-order valence-corrected chi connectivity index (χ1v) is 6.20. The second-order valence-electron chi connectivity index (χ2n) is 4.21. The molecule has 0 amide bonds. The number of nitrogens with zero attached hydrogens (tertiary/aromatic N) is 1. The molecule has 4 nitrogen and oxygen atoms in total. The number of hydrogen-bond acceptors (Lipinski definition) is 3. The standard InChI is InChI=1S/C15H16N2O2/c1-2-11-5-3-4-6-12(11)10-17-13-7-8-16-14(9-13)15(18)19/h3-9H,2,10H2,1H3,(H,16,17)(H,18,19). The molecule has 1 heterocycles. The average Bonchev–Trinajstić information content (AvgIpc) is 2.45. The predicted octanol–water partition coefficient (Wildman–Crippen LogP) is 2.95. The molecule has 0 spiro atoms. The lowest BCUT2D eigenvalue weighted by molar-refractivity contribution is 0.0690. The highest BCUT2D eigenvalue weighted by Crippen LogP contribution is 2.13. The van der Waals surface area contributed by atoms with Crippen LogP contribution in [0.5, 0.6) is 0 Å². The molecule has 0 saturated carbocycles. The smallest absolute Gasteiger partial charge is 0.354 e. The van der Waals surface area contributed by atoms with Gasteiger partial charge in [-0.1, -0.05) is 31.2 Å². The van der Waals surface area contributed by atoms with E-state index in [9.17, 15) is 4.79 Å². The molecule has 1 aromatic carbocycles. The number of aromatic nitrogens is 1. The maximum atomic E-state index is 10.8. The molecule has 19 heavy (non-hydrogen) atoms. The number of hydrogen-bond donors (Lipinski definition) is 2. The molecule has 0 fully saturated rings. The number of carboxylic acids is 1. The molecule has 0 atom stereocenters. The Morgan fingerprint density at radius 1 is 1.26 bits per heavy atom. The van der Waals surface area contributed by atoms with Gasteiger partial charge in [0.15, 0.2) is 0 Å². The zero-order chi connectivity index (χ0) is 13.7. The number of aromatic carboxylic acids is 1. The van der Waals surface area contributed by atoms with Crippen LogP contribution in [0.1, 0.15) is 28.5 Å². The van der Waals surface area contributed by atoms with Crippen molar-refractivity contribution in [3.8, 4) is 0 Å². The molecule has 1 aromatic heterocycles. The zero-order valence-corrected chi connectivity index (χ0v) is 10.8. The Labute approximate surface area is 112 Å². The van der Waals surface area contributed by atoms with Crippen LogP contribution in [0.2, 0.25) is 0 Å². The molecule has 0 saturated heterocycles. The monoisotopic (exact) mass is 256 g/mol. The highest BCUT2D eigenvalue weighted by Gasteiger charge is 2.05. The third kappa shape index (κ3) is 3.31. The summed E-state index contributed by atoms with van der Waals surface area (Å²) in [5, 5.41) is 12.1. The fourth-order valence-corrected chi connectivity index (χ4v) is 1.93. The number of benzene rings is 1. The molecule has 0 bridgehead atoms. The van der Waals surface area contributed by atoms with Crippen LogP contribution >= 0.6 is 0 Å². The summed E-state index contributed by atoms with van der Waals surface area (Å²) in [5.74, 6) is -1.02. The Bertz CT molecular complexity index is 582. The number of nitrogens with one attached hydrogen (secondary N) is 1. The number of aryl methyl sites for hydroxylation is 1. The van der Waals surface area contributed by atoms with Crippen LogP contribution in [0.25, 0.3) is 0 Å². The molecule has 0 aliphatic carbocycles. The van der Waals surface area contributed by atoms with Gasteiger partial charge in [-0.15, -0.1) is 0 Å². The summed E-state index contributed by atoms with van der Waals surface area (Å²) in [6, 6.07) is 11.5. The third-order valence-corrected chi connectivity index (χ3v) is 2.96. The van der Waals surface area contributed by atoms with E-state index in [4.69, 9.17) is 5.11 Å². The minimum absolute atomic E-state index is 0.0498. The highest BCUT2D eigenvalue weighted by molar-refractivity contribution is 5.86. The zero-order valence-electron chi connectivity index (χ0n) is 10.8. The summed E-state index contributed by atoms with van der Waals surface area (Å²) in [6.07, 6.45) is 2.48. The number of pyridine rings is 1. The van der Waals surface area contributed by atoms with Crippen LogP contribution in [0.4, 0.5) is 5.69 Å². The summed E-state index contributed by atoms with van der Waals surface area (Å²) in [5.41, 5.74) is 3.33. The second kappa shape index (κ2) is 6.00. The van der Waals surface area contributed by atoms with Crippen molar-refractivity contribution in [1.82, 2.24) is 4.98 Å². The van der Waals surface area contributed by atoms with Crippen molar-refractivity contribution < 1.29 is 9.90 Å². The van der Waals surface area contributed by atoms with E-state index >= 15 is 0 Å². The van der Waals surface area contributed by atoms with Gasteiger partial charge >= 0.3 is 5.97 Å². The Hall–Kier alpha value is -2.36. The van der Waals surface area contributed by atoms with Gasteiger partial charge in [-0.3, -0.25) is 0 Å². The number of carboxylic acid groups (broad SMARTS) is 1. The van der Waals surface area contributed by atoms with Crippen LogP contribution in [-0.2, 0) is 13.0 Å². The fraction of sp³-hybridized carbons (Fsp3) is 0.200. The van der Waals surface area contributed by atoms with E-state index in [-0.39, 0.29) is 5.69 Å². The quantitative estimate of drug-likeness (QED) is 0.863. The van der Waals surface area contributed by atoms with Gasteiger partial charge in [-0.2, -0.15) is 0 Å². The van der Waals surface area contributed by atoms with Gasteiger partial charge in [0.2, 0.25) is 0 Å². The first kappa shape index (κ1) is 13.1. The van der Waals surface area contributed by atoms with Crippen LogP contribution in [0.3, 0.4) is 0 Å². The van der Waals surface area contributed by atoms with E-state index in [1.807, 2.05) is 12.1 Å². The largest absolute Gasteiger partial charge is 0.477 e. The van der Waals surface area contributed by atoms with Crippen molar-refractivity contribution in [2.45, 2.75) is 19.9 Å². The van der Waals surface area contributed by atoms with Gasteiger partial charge in [-0.05, 0) is 29.7 Å². The number of anilines is 1. The summed E-state index contributed by atoms with van der Waals surface area (Å²) in [6.45, 7) is 2.79. The molecule has 98 valence electrons. The average molecular weight is 256 g/mol. The second-order valence-corrected chi connectivity index (χ2v) is 4.21. The lowest BCUT2D eigenvalue weighted by Gasteiger charge is -2.10. The van der Waals surface area contributed by atoms with E-state index in [1.165, 1.54) is 23.4 Å². The van der Waals surface area contributed by atoms with Crippen molar-refractivity contribution in [3.05, 3.63) is 59.4 Å². The summed E-state index contributed by atoms with van der Waals surface area (Å²) >= 11 is 0. The Morgan fingerprint density at radius 2 is 2.00 bits per heavy atom. The molecule has 4 heteroatoms. The summed E-state index contributed by atoms with van der Waals surface area (Å²) in [7, 11) is 0. The van der Waals surface area contributed by atoms with E-state index in [2.05, 4.69) is 29.4 Å². The molecular formula is C15H16N2O2. The molecule has 0 unspecified atom stereocenters. The lowest BCUT2D eigenvalue weighted by Crippen LogP contribution is -2.05. The van der Waals surface area contributed by atoms with Gasteiger partial charge in [0.1, 0.15) is 5.69 Å². The number of carbonyl (C=O) groups is 1. The summed E-state index contributed by atoms with van der Waals surface area (Å²) < 4.78 is 0. The van der Waals surface area contributed by atoms with Crippen molar-refractivity contribution in [2.24, 2.45) is 0 Å². The lowest BCUT2D eigenvalue weighted by atomic mass is 10.1. The minimum Gasteiger partial charge on any atom is -0.477 e. The van der Waals surface area contributed by atoms with Crippen molar-refractivity contribution in [3.63, 3.8) is 0 Å². The first-order valence-electron chi connectivity index (χ1n) is 6.20.